The van der Waals surface area contributed by atoms with Crippen molar-refractivity contribution in [3.8, 4) is 0 Å². The van der Waals surface area contributed by atoms with Gasteiger partial charge in [-0.3, -0.25) is 0 Å². The standard InChI is InChI=1S/C14H19N3OS/c18-7-6-17-13-4-2-1-3-12(13)16-14(17)9-11-10-19-8-5-15-11/h1-4,11,15,18H,5-10H2. The number of aliphatic hydroxyl groups is 1. The third-order valence-electron chi connectivity index (χ3n) is 3.48. The molecule has 5 heteroatoms. The number of nitrogens with zero attached hydrogens (tertiary/aromatic N) is 2. The highest BCUT2D eigenvalue weighted by atomic mass is 32.2. The minimum atomic E-state index is 0.153. The van der Waals surface area contributed by atoms with E-state index in [0.29, 0.717) is 12.6 Å². The molecule has 102 valence electrons. The third kappa shape index (κ3) is 2.78. The summed E-state index contributed by atoms with van der Waals surface area (Å²) in [6, 6.07) is 8.64. The summed E-state index contributed by atoms with van der Waals surface area (Å²) in [4.78, 5) is 4.73. The molecule has 19 heavy (non-hydrogen) atoms. The van der Waals surface area contributed by atoms with E-state index in [4.69, 9.17) is 4.98 Å². The van der Waals surface area contributed by atoms with Gasteiger partial charge in [0.2, 0.25) is 0 Å². The first-order valence-corrected chi connectivity index (χ1v) is 7.90. The molecule has 1 unspecified atom stereocenters. The quantitative estimate of drug-likeness (QED) is 0.884. The van der Waals surface area contributed by atoms with Crippen LogP contribution in [0.15, 0.2) is 24.3 Å². The molecular weight excluding hydrogens is 258 g/mol. The van der Waals surface area contributed by atoms with Crippen molar-refractivity contribution in [1.29, 1.82) is 0 Å². The number of rotatable bonds is 4. The fourth-order valence-corrected chi connectivity index (χ4v) is 3.55. The molecule has 0 saturated carbocycles. The zero-order valence-electron chi connectivity index (χ0n) is 10.9. The molecule has 0 bridgehead atoms. The summed E-state index contributed by atoms with van der Waals surface area (Å²) in [6.45, 7) is 1.85. The molecule has 0 amide bonds. The number of fused-ring (bicyclic) bond motifs is 1. The van der Waals surface area contributed by atoms with E-state index < -0.39 is 0 Å². The lowest BCUT2D eigenvalue weighted by Gasteiger charge is -2.23. The molecule has 0 aliphatic carbocycles. The number of nitrogens with one attached hydrogen (secondary N) is 1. The second-order valence-electron chi connectivity index (χ2n) is 4.82. The lowest BCUT2D eigenvalue weighted by molar-refractivity contribution is 0.275. The van der Waals surface area contributed by atoms with Gasteiger partial charge < -0.3 is 15.0 Å². The van der Waals surface area contributed by atoms with Gasteiger partial charge >= 0.3 is 0 Å². The van der Waals surface area contributed by atoms with E-state index in [1.807, 2.05) is 30.0 Å². The molecule has 3 rings (SSSR count). The van der Waals surface area contributed by atoms with Crippen LogP contribution in [0.5, 0.6) is 0 Å². The zero-order chi connectivity index (χ0) is 13.1. The number of benzene rings is 1. The van der Waals surface area contributed by atoms with Crippen LogP contribution in [-0.2, 0) is 13.0 Å². The summed E-state index contributed by atoms with van der Waals surface area (Å²) in [5, 5.41) is 12.8. The van der Waals surface area contributed by atoms with E-state index in [-0.39, 0.29) is 6.61 Å². The Kier molecular flexibility index (Phi) is 4.06. The number of imidazole rings is 1. The molecule has 1 saturated heterocycles. The van der Waals surface area contributed by atoms with Gasteiger partial charge in [0, 0.05) is 37.1 Å². The van der Waals surface area contributed by atoms with Gasteiger partial charge in [0.15, 0.2) is 0 Å². The van der Waals surface area contributed by atoms with Crippen LogP contribution in [-0.4, -0.2) is 45.4 Å². The Balaban J connectivity index is 1.90. The summed E-state index contributed by atoms with van der Waals surface area (Å²) in [7, 11) is 0. The predicted molar refractivity (Wildman–Crippen MR) is 79.6 cm³/mol. The van der Waals surface area contributed by atoms with Crippen molar-refractivity contribution in [2.24, 2.45) is 0 Å². The molecular formula is C14H19N3OS. The minimum Gasteiger partial charge on any atom is -0.395 e. The van der Waals surface area contributed by atoms with Crippen LogP contribution >= 0.6 is 11.8 Å². The first-order valence-electron chi connectivity index (χ1n) is 6.74. The van der Waals surface area contributed by atoms with Gasteiger partial charge in [-0.15, -0.1) is 0 Å². The molecule has 1 fully saturated rings. The zero-order valence-corrected chi connectivity index (χ0v) is 11.7. The topological polar surface area (TPSA) is 50.1 Å². The maximum absolute atomic E-state index is 9.26. The average molecular weight is 277 g/mol. The molecule has 0 radical (unpaired) electrons. The van der Waals surface area contributed by atoms with Crippen molar-refractivity contribution in [2.75, 3.05) is 24.7 Å². The summed E-state index contributed by atoms with van der Waals surface area (Å²) >= 11 is 2.00. The van der Waals surface area contributed by atoms with Crippen LogP contribution in [0.3, 0.4) is 0 Å². The predicted octanol–water partition coefficient (Wildman–Crippen LogP) is 1.28. The van der Waals surface area contributed by atoms with Crippen LogP contribution in [0.25, 0.3) is 11.0 Å². The van der Waals surface area contributed by atoms with Gasteiger partial charge in [-0.2, -0.15) is 11.8 Å². The third-order valence-corrected chi connectivity index (χ3v) is 4.62. The monoisotopic (exact) mass is 277 g/mol. The van der Waals surface area contributed by atoms with Crippen molar-refractivity contribution >= 4 is 22.8 Å². The molecule has 1 aliphatic heterocycles. The van der Waals surface area contributed by atoms with Crippen molar-refractivity contribution in [1.82, 2.24) is 14.9 Å². The van der Waals surface area contributed by atoms with E-state index in [1.165, 1.54) is 5.75 Å². The molecule has 4 nitrogen and oxygen atoms in total. The normalized spacial score (nSPS) is 19.9. The van der Waals surface area contributed by atoms with E-state index >= 15 is 0 Å². The lowest BCUT2D eigenvalue weighted by atomic mass is 10.2. The Morgan fingerprint density at radius 3 is 3.11 bits per heavy atom. The Bertz CT molecular complexity index is 549. The molecule has 2 heterocycles. The van der Waals surface area contributed by atoms with E-state index in [1.54, 1.807) is 0 Å². The molecule has 1 atom stereocenters. The Morgan fingerprint density at radius 2 is 2.32 bits per heavy atom. The fourth-order valence-electron chi connectivity index (χ4n) is 2.60. The molecule has 1 aromatic carbocycles. The van der Waals surface area contributed by atoms with Crippen LogP contribution < -0.4 is 5.32 Å². The Hall–Kier alpha value is -1.04. The number of aliphatic hydroxyl groups excluding tert-OH is 1. The van der Waals surface area contributed by atoms with Gasteiger partial charge in [0.1, 0.15) is 5.82 Å². The lowest BCUT2D eigenvalue weighted by Crippen LogP contribution is -2.39. The van der Waals surface area contributed by atoms with Gasteiger partial charge in [-0.25, -0.2) is 4.98 Å². The molecule has 2 N–H and O–H groups in total. The van der Waals surface area contributed by atoms with Crippen molar-refractivity contribution in [3.05, 3.63) is 30.1 Å². The SMILES string of the molecule is OCCn1c(CC2CSCCN2)nc2ccccc21. The van der Waals surface area contributed by atoms with Gasteiger partial charge in [0.25, 0.3) is 0 Å². The van der Waals surface area contributed by atoms with Gasteiger partial charge in [-0.1, -0.05) is 12.1 Å². The maximum Gasteiger partial charge on any atom is 0.111 e. The number of aromatic nitrogens is 2. The molecule has 1 aromatic heterocycles. The van der Waals surface area contributed by atoms with Crippen molar-refractivity contribution < 1.29 is 5.11 Å². The maximum atomic E-state index is 9.26. The number of thioether (sulfide) groups is 1. The van der Waals surface area contributed by atoms with Gasteiger partial charge in [-0.05, 0) is 12.1 Å². The summed E-state index contributed by atoms with van der Waals surface area (Å²) < 4.78 is 2.15. The van der Waals surface area contributed by atoms with Crippen molar-refractivity contribution in [2.45, 2.75) is 19.0 Å². The van der Waals surface area contributed by atoms with Crippen LogP contribution in [0, 0.1) is 0 Å². The Morgan fingerprint density at radius 1 is 1.42 bits per heavy atom. The van der Waals surface area contributed by atoms with E-state index in [9.17, 15) is 5.11 Å². The summed E-state index contributed by atoms with van der Waals surface area (Å²) in [6.07, 6.45) is 0.932. The molecule has 2 aromatic rings. The van der Waals surface area contributed by atoms with E-state index in [0.717, 1.165) is 35.6 Å². The van der Waals surface area contributed by atoms with Crippen LogP contribution in [0.2, 0.25) is 0 Å². The largest absolute Gasteiger partial charge is 0.395 e. The number of para-hydroxylation sites is 2. The molecule has 1 aliphatic rings. The van der Waals surface area contributed by atoms with Crippen LogP contribution in [0.1, 0.15) is 5.82 Å². The fraction of sp³-hybridized carbons (Fsp3) is 0.500. The van der Waals surface area contributed by atoms with Gasteiger partial charge in [0.05, 0.1) is 17.6 Å². The minimum absolute atomic E-state index is 0.153. The highest BCUT2D eigenvalue weighted by molar-refractivity contribution is 7.99. The number of hydrogen-bond acceptors (Lipinski definition) is 4. The highest BCUT2D eigenvalue weighted by Gasteiger charge is 2.18. The van der Waals surface area contributed by atoms with Crippen molar-refractivity contribution in [3.63, 3.8) is 0 Å². The average Bonchev–Trinajstić information content (AvgIpc) is 2.79. The second kappa shape index (κ2) is 5.94. The smallest absolute Gasteiger partial charge is 0.111 e. The first-order chi connectivity index (χ1) is 9.38. The first kappa shape index (κ1) is 13.0. The summed E-state index contributed by atoms with van der Waals surface area (Å²) in [5.41, 5.74) is 2.14. The van der Waals surface area contributed by atoms with E-state index in [2.05, 4.69) is 16.0 Å². The molecule has 0 spiro atoms. The Labute approximate surface area is 117 Å². The second-order valence-corrected chi connectivity index (χ2v) is 5.97. The van der Waals surface area contributed by atoms with Crippen LogP contribution in [0.4, 0.5) is 0 Å². The highest BCUT2D eigenvalue weighted by Crippen LogP contribution is 2.18. The summed E-state index contributed by atoms with van der Waals surface area (Å²) in [5.74, 6) is 3.42. The number of hydrogen-bond donors (Lipinski definition) is 2.